The van der Waals surface area contributed by atoms with Crippen molar-refractivity contribution >= 4 is 27.5 Å². The summed E-state index contributed by atoms with van der Waals surface area (Å²) in [5.74, 6) is 0.392. The van der Waals surface area contributed by atoms with E-state index < -0.39 is 0 Å². The monoisotopic (exact) mass is 304 g/mol. The normalized spacial score (nSPS) is 12.8. The lowest BCUT2D eigenvalue weighted by atomic mass is 10.2. The molecule has 0 N–H and O–H groups in total. The molecule has 2 aromatic rings. The van der Waals surface area contributed by atoms with Crippen LogP contribution in [0.3, 0.4) is 0 Å². The fourth-order valence-electron chi connectivity index (χ4n) is 1.17. The van der Waals surface area contributed by atoms with E-state index in [-0.39, 0.29) is 11.2 Å². The largest absolute Gasteiger partial charge is 0.334 e. The van der Waals surface area contributed by atoms with Crippen molar-refractivity contribution in [3.05, 3.63) is 34.3 Å². The van der Waals surface area contributed by atoms with Crippen molar-refractivity contribution in [2.75, 3.05) is 0 Å². The molecule has 0 radical (unpaired) electrons. The van der Waals surface area contributed by atoms with E-state index in [2.05, 4.69) is 26.1 Å². The Bertz CT molecular complexity index is 515. The van der Waals surface area contributed by atoms with Crippen LogP contribution in [-0.2, 0) is 0 Å². The molecule has 0 aliphatic carbocycles. The maximum Gasteiger partial charge on any atom is 0.259 e. The van der Waals surface area contributed by atoms with Crippen molar-refractivity contribution in [1.29, 1.82) is 0 Å². The minimum atomic E-state index is -0.332. The van der Waals surface area contributed by atoms with Gasteiger partial charge in [-0.2, -0.15) is 4.98 Å². The molecule has 1 atom stereocenters. The zero-order valence-corrected chi connectivity index (χ0v) is 10.6. The number of benzene rings is 1. The first kappa shape index (κ1) is 11.5. The smallest absolute Gasteiger partial charge is 0.259 e. The Hall–Kier alpha value is -0.940. The molecule has 3 nitrogen and oxygen atoms in total. The summed E-state index contributed by atoms with van der Waals surface area (Å²) in [4.78, 5) is 4.11. The molecule has 1 heterocycles. The second kappa shape index (κ2) is 4.51. The average molecular weight is 306 g/mol. The van der Waals surface area contributed by atoms with Crippen LogP contribution in [0.5, 0.6) is 0 Å². The Morgan fingerprint density at radius 2 is 2.25 bits per heavy atom. The summed E-state index contributed by atoms with van der Waals surface area (Å²) in [5.41, 5.74) is 0.637. The van der Waals surface area contributed by atoms with Crippen LogP contribution in [0, 0.1) is 5.82 Å². The number of hydrogen-bond acceptors (Lipinski definition) is 3. The highest BCUT2D eigenvalue weighted by Gasteiger charge is 2.14. The molecule has 1 aromatic carbocycles. The van der Waals surface area contributed by atoms with Gasteiger partial charge < -0.3 is 4.52 Å². The van der Waals surface area contributed by atoms with E-state index in [0.717, 1.165) is 0 Å². The van der Waals surface area contributed by atoms with Crippen LogP contribution < -0.4 is 0 Å². The van der Waals surface area contributed by atoms with Gasteiger partial charge in [-0.3, -0.25) is 0 Å². The third-order valence-corrected chi connectivity index (χ3v) is 2.81. The maximum atomic E-state index is 12.9. The number of nitrogens with zero attached hydrogens (tertiary/aromatic N) is 2. The Morgan fingerprint density at radius 1 is 1.50 bits per heavy atom. The number of rotatable bonds is 2. The van der Waals surface area contributed by atoms with Crippen LogP contribution in [0.15, 0.2) is 27.2 Å². The first-order valence-electron chi connectivity index (χ1n) is 4.51. The molecule has 84 valence electrons. The standard InChI is InChI=1S/C10H7BrClFN2O/c1-5(12)9-14-10(16-15-9)7-3-2-6(13)4-8(7)11/h2-5H,1H3. The van der Waals surface area contributed by atoms with Gasteiger partial charge in [0.2, 0.25) is 0 Å². The van der Waals surface area contributed by atoms with Crippen molar-refractivity contribution in [2.45, 2.75) is 12.3 Å². The Kier molecular flexibility index (Phi) is 3.25. The van der Waals surface area contributed by atoms with Crippen molar-refractivity contribution < 1.29 is 8.91 Å². The Labute approximate surface area is 105 Å². The van der Waals surface area contributed by atoms with E-state index in [1.54, 1.807) is 13.0 Å². The lowest BCUT2D eigenvalue weighted by Gasteiger charge is -1.98. The second-order valence-electron chi connectivity index (χ2n) is 3.20. The number of hydrogen-bond donors (Lipinski definition) is 0. The molecule has 0 amide bonds. The summed E-state index contributed by atoms with van der Waals surface area (Å²) in [5, 5.41) is 3.40. The SMILES string of the molecule is CC(Cl)c1noc(-c2ccc(F)cc2Br)n1. The van der Waals surface area contributed by atoms with Crippen LogP contribution >= 0.6 is 27.5 Å². The molecule has 0 aliphatic rings. The van der Waals surface area contributed by atoms with Gasteiger partial charge in [-0.1, -0.05) is 5.16 Å². The topological polar surface area (TPSA) is 38.9 Å². The quantitative estimate of drug-likeness (QED) is 0.789. The predicted molar refractivity (Wildman–Crippen MR) is 61.7 cm³/mol. The first-order valence-corrected chi connectivity index (χ1v) is 5.74. The molecular weight excluding hydrogens is 298 g/mol. The molecule has 2 rings (SSSR count). The molecule has 1 unspecified atom stereocenters. The third kappa shape index (κ3) is 2.25. The fraction of sp³-hybridized carbons (Fsp3) is 0.200. The molecule has 0 spiro atoms. The highest BCUT2D eigenvalue weighted by molar-refractivity contribution is 9.10. The van der Waals surface area contributed by atoms with Crippen LogP contribution in [0.25, 0.3) is 11.5 Å². The minimum absolute atomic E-state index is 0.314. The van der Waals surface area contributed by atoms with Crippen molar-refractivity contribution in [1.82, 2.24) is 10.1 Å². The molecule has 6 heteroatoms. The minimum Gasteiger partial charge on any atom is -0.334 e. The van der Waals surface area contributed by atoms with Crippen LogP contribution in [-0.4, -0.2) is 10.1 Å². The summed E-state index contributed by atoms with van der Waals surface area (Å²) in [7, 11) is 0. The van der Waals surface area contributed by atoms with Crippen LogP contribution in [0.4, 0.5) is 4.39 Å². The molecule has 1 aromatic heterocycles. The average Bonchev–Trinajstić information content (AvgIpc) is 2.66. The number of aromatic nitrogens is 2. The van der Waals surface area contributed by atoms with E-state index in [9.17, 15) is 4.39 Å². The van der Waals surface area contributed by atoms with Gasteiger partial charge in [-0.25, -0.2) is 4.39 Å². The number of halogens is 3. The molecule has 0 aliphatic heterocycles. The van der Waals surface area contributed by atoms with Gasteiger partial charge in [0.15, 0.2) is 5.82 Å². The summed E-state index contributed by atoms with van der Waals surface area (Å²) >= 11 is 9.04. The zero-order valence-electron chi connectivity index (χ0n) is 8.25. The van der Waals surface area contributed by atoms with Gasteiger partial charge in [0.05, 0.1) is 10.9 Å². The highest BCUT2D eigenvalue weighted by Crippen LogP contribution is 2.28. The Morgan fingerprint density at radius 3 is 2.81 bits per heavy atom. The molecule has 0 fully saturated rings. The molecule has 16 heavy (non-hydrogen) atoms. The van der Waals surface area contributed by atoms with Crippen molar-refractivity contribution in [3.8, 4) is 11.5 Å². The predicted octanol–water partition coefficient (Wildman–Crippen LogP) is 3.94. The Balaban J connectivity index is 2.42. The maximum absolute atomic E-state index is 12.9. The van der Waals surface area contributed by atoms with Gasteiger partial charge in [0.1, 0.15) is 5.82 Å². The van der Waals surface area contributed by atoms with Gasteiger partial charge in [0, 0.05) is 4.47 Å². The second-order valence-corrected chi connectivity index (χ2v) is 4.71. The molecule has 0 bridgehead atoms. The third-order valence-electron chi connectivity index (χ3n) is 1.96. The van der Waals surface area contributed by atoms with Crippen molar-refractivity contribution in [3.63, 3.8) is 0 Å². The molecular formula is C10H7BrClFN2O. The highest BCUT2D eigenvalue weighted by atomic mass is 79.9. The van der Waals surface area contributed by atoms with Gasteiger partial charge >= 0.3 is 0 Å². The van der Waals surface area contributed by atoms with Gasteiger partial charge in [0.25, 0.3) is 5.89 Å². The summed E-state index contributed by atoms with van der Waals surface area (Å²) in [6.07, 6.45) is 0. The summed E-state index contributed by atoms with van der Waals surface area (Å²) < 4.78 is 18.5. The van der Waals surface area contributed by atoms with E-state index in [4.69, 9.17) is 16.1 Å². The summed E-state index contributed by atoms with van der Waals surface area (Å²) in [6.45, 7) is 1.75. The van der Waals surface area contributed by atoms with Gasteiger partial charge in [-0.05, 0) is 41.1 Å². The summed E-state index contributed by atoms with van der Waals surface area (Å²) in [6, 6.07) is 4.23. The number of alkyl halides is 1. The molecule has 0 saturated heterocycles. The van der Waals surface area contributed by atoms with E-state index >= 15 is 0 Å². The van der Waals surface area contributed by atoms with E-state index in [1.807, 2.05) is 0 Å². The van der Waals surface area contributed by atoms with E-state index in [0.29, 0.717) is 21.8 Å². The van der Waals surface area contributed by atoms with Crippen LogP contribution in [0.2, 0.25) is 0 Å². The first-order chi connectivity index (χ1) is 7.58. The zero-order chi connectivity index (χ0) is 11.7. The molecule has 0 saturated carbocycles. The van der Waals surface area contributed by atoms with Gasteiger partial charge in [-0.15, -0.1) is 11.6 Å². The van der Waals surface area contributed by atoms with Crippen molar-refractivity contribution in [2.24, 2.45) is 0 Å². The lowest BCUT2D eigenvalue weighted by Crippen LogP contribution is -1.87. The van der Waals surface area contributed by atoms with E-state index in [1.165, 1.54) is 12.1 Å². The van der Waals surface area contributed by atoms with Crippen LogP contribution in [0.1, 0.15) is 18.1 Å². The lowest BCUT2D eigenvalue weighted by molar-refractivity contribution is 0.422. The fourth-order valence-corrected chi connectivity index (χ4v) is 1.78.